The number of hydrogen-bond acceptors (Lipinski definition) is 2. The molecular formula is C9H8Cl3NO2. The van der Waals surface area contributed by atoms with Crippen LogP contribution < -0.4 is 0 Å². The molecule has 1 aromatic carbocycles. The summed E-state index contributed by atoms with van der Waals surface area (Å²) < 4.78 is -2.04. The Morgan fingerprint density at radius 2 is 1.87 bits per heavy atom. The number of halogens is 3. The Kier molecular flexibility index (Phi) is 4.20. The molecule has 0 aromatic heterocycles. The molecule has 0 aliphatic carbocycles. The van der Waals surface area contributed by atoms with Gasteiger partial charge in [0.1, 0.15) is 0 Å². The molecule has 0 aliphatic heterocycles. The highest BCUT2D eigenvalue weighted by atomic mass is 35.5. The van der Waals surface area contributed by atoms with Crippen molar-refractivity contribution in [3.8, 4) is 0 Å². The lowest BCUT2D eigenvalue weighted by Crippen LogP contribution is -2.26. The summed E-state index contributed by atoms with van der Waals surface area (Å²) in [7, 11) is 0. The van der Waals surface area contributed by atoms with Gasteiger partial charge >= 0.3 is 4.46 Å². The maximum absolute atomic E-state index is 10.5. The Labute approximate surface area is 102 Å². The topological polar surface area (TPSA) is 43.1 Å². The van der Waals surface area contributed by atoms with Crippen LogP contribution in [0.3, 0.4) is 0 Å². The van der Waals surface area contributed by atoms with Gasteiger partial charge < -0.3 is 0 Å². The van der Waals surface area contributed by atoms with Crippen LogP contribution >= 0.6 is 34.8 Å². The van der Waals surface area contributed by atoms with E-state index in [0.717, 1.165) is 5.56 Å². The van der Waals surface area contributed by atoms with Gasteiger partial charge in [0.2, 0.25) is 0 Å². The van der Waals surface area contributed by atoms with Gasteiger partial charge in [0.05, 0.1) is 16.7 Å². The fourth-order valence-electron chi connectivity index (χ4n) is 1.07. The molecule has 0 heterocycles. The molecule has 0 saturated heterocycles. The molecule has 0 aliphatic rings. The molecular weight excluding hydrogens is 260 g/mol. The molecule has 0 N–H and O–H groups in total. The van der Waals surface area contributed by atoms with E-state index in [1.54, 1.807) is 24.3 Å². The van der Waals surface area contributed by atoms with Gasteiger partial charge in [-0.2, -0.15) is 0 Å². The lowest BCUT2D eigenvalue weighted by Gasteiger charge is -2.14. The molecule has 0 saturated carbocycles. The van der Waals surface area contributed by atoms with E-state index in [4.69, 9.17) is 34.8 Å². The smallest absolute Gasteiger partial charge is 0.261 e. The number of alkyl halides is 3. The van der Waals surface area contributed by atoms with Gasteiger partial charge in [0.25, 0.3) is 0 Å². The van der Waals surface area contributed by atoms with Crippen molar-refractivity contribution in [2.45, 2.75) is 16.3 Å². The number of hydrogen-bond donors (Lipinski definition) is 0. The number of rotatable bonds is 4. The largest absolute Gasteiger partial charge is 0.372 e. The van der Waals surface area contributed by atoms with Gasteiger partial charge in [-0.15, -0.1) is 11.6 Å². The normalized spacial score (nSPS) is 13.5. The Balaban J connectivity index is 2.72. The SMILES string of the molecule is O=[N+]([O-])C(Cl)(Cl)CC(Cl)c1ccccc1. The molecule has 1 rings (SSSR count). The highest BCUT2D eigenvalue weighted by Gasteiger charge is 2.40. The van der Waals surface area contributed by atoms with Gasteiger partial charge in [0.15, 0.2) is 0 Å². The molecule has 1 atom stereocenters. The van der Waals surface area contributed by atoms with Crippen molar-refractivity contribution in [1.29, 1.82) is 0 Å². The highest BCUT2D eigenvalue weighted by Crippen LogP contribution is 2.36. The highest BCUT2D eigenvalue weighted by molar-refractivity contribution is 6.47. The van der Waals surface area contributed by atoms with Crippen LogP contribution in [0.25, 0.3) is 0 Å². The van der Waals surface area contributed by atoms with Crippen molar-refractivity contribution >= 4 is 34.8 Å². The van der Waals surface area contributed by atoms with E-state index in [2.05, 4.69) is 0 Å². The van der Waals surface area contributed by atoms with E-state index in [-0.39, 0.29) is 6.42 Å². The maximum Gasteiger partial charge on any atom is 0.372 e. The van der Waals surface area contributed by atoms with Crippen molar-refractivity contribution in [3.63, 3.8) is 0 Å². The molecule has 1 aromatic rings. The van der Waals surface area contributed by atoms with E-state index >= 15 is 0 Å². The summed E-state index contributed by atoms with van der Waals surface area (Å²) in [5, 5.41) is 9.89. The average Bonchev–Trinajstić information content (AvgIpc) is 2.18. The van der Waals surface area contributed by atoms with Gasteiger partial charge in [0, 0.05) is 0 Å². The molecule has 0 fully saturated rings. The molecule has 0 amide bonds. The first kappa shape index (κ1) is 12.6. The van der Waals surface area contributed by atoms with E-state index in [1.165, 1.54) is 0 Å². The van der Waals surface area contributed by atoms with Crippen molar-refractivity contribution < 1.29 is 4.92 Å². The Bertz CT molecular complexity index is 342. The first-order valence-corrected chi connectivity index (χ1v) is 5.34. The summed E-state index contributed by atoms with van der Waals surface area (Å²) in [6, 6.07) is 8.94. The van der Waals surface area contributed by atoms with Crippen molar-refractivity contribution in [3.05, 3.63) is 46.0 Å². The van der Waals surface area contributed by atoms with Crippen molar-refractivity contribution in [1.82, 2.24) is 0 Å². The predicted molar refractivity (Wildman–Crippen MR) is 61.1 cm³/mol. The minimum atomic E-state index is -2.04. The van der Waals surface area contributed by atoms with Gasteiger partial charge in [-0.3, -0.25) is 10.1 Å². The number of benzene rings is 1. The first-order valence-electron chi connectivity index (χ1n) is 4.15. The van der Waals surface area contributed by atoms with E-state index < -0.39 is 14.8 Å². The third-order valence-corrected chi connectivity index (χ3v) is 2.84. The monoisotopic (exact) mass is 267 g/mol. The zero-order valence-electron chi connectivity index (χ0n) is 7.57. The summed E-state index contributed by atoms with van der Waals surface area (Å²) in [5.74, 6) is 0. The third-order valence-electron chi connectivity index (χ3n) is 1.85. The second-order valence-electron chi connectivity index (χ2n) is 3.01. The molecule has 6 heteroatoms. The summed E-state index contributed by atoms with van der Waals surface area (Å²) in [6.07, 6.45) is -0.144. The number of nitrogens with zero attached hydrogens (tertiary/aromatic N) is 1. The molecule has 1 unspecified atom stereocenters. The molecule has 3 nitrogen and oxygen atoms in total. The number of nitro groups is 1. The second kappa shape index (κ2) is 5.01. The van der Waals surface area contributed by atoms with Crippen LogP contribution in [0.5, 0.6) is 0 Å². The minimum Gasteiger partial charge on any atom is -0.261 e. The molecule has 0 spiro atoms. The predicted octanol–water partition coefficient (Wildman–Crippen LogP) is 3.76. The zero-order valence-corrected chi connectivity index (χ0v) is 9.84. The van der Waals surface area contributed by atoms with E-state index in [0.29, 0.717) is 0 Å². The summed E-state index contributed by atoms with van der Waals surface area (Å²) in [5.41, 5.74) is 0.756. The van der Waals surface area contributed by atoms with E-state index in [9.17, 15) is 10.1 Å². The lowest BCUT2D eigenvalue weighted by molar-refractivity contribution is -0.516. The fourth-order valence-corrected chi connectivity index (χ4v) is 1.91. The maximum atomic E-state index is 10.5. The van der Waals surface area contributed by atoms with Crippen LogP contribution in [0.1, 0.15) is 17.4 Å². The average molecular weight is 269 g/mol. The van der Waals surface area contributed by atoms with Gasteiger partial charge in [-0.25, -0.2) is 0 Å². The molecule has 0 radical (unpaired) electrons. The molecule has 0 bridgehead atoms. The summed E-state index contributed by atoms with van der Waals surface area (Å²) in [6.45, 7) is 0. The van der Waals surface area contributed by atoms with Crippen LogP contribution in [0.4, 0.5) is 0 Å². The Morgan fingerprint density at radius 1 is 1.33 bits per heavy atom. The second-order valence-corrected chi connectivity index (χ2v) is 4.98. The van der Waals surface area contributed by atoms with Crippen LogP contribution in [0.2, 0.25) is 0 Å². The minimum absolute atomic E-state index is 0.144. The van der Waals surface area contributed by atoms with Crippen LogP contribution in [-0.4, -0.2) is 9.38 Å². The van der Waals surface area contributed by atoms with Gasteiger partial charge in [-0.05, 0) is 28.8 Å². The summed E-state index contributed by atoms with van der Waals surface area (Å²) in [4.78, 5) is 9.72. The third kappa shape index (κ3) is 3.52. The van der Waals surface area contributed by atoms with Gasteiger partial charge in [-0.1, -0.05) is 30.3 Å². The molecule has 82 valence electrons. The summed E-state index contributed by atoms with van der Waals surface area (Å²) >= 11 is 17.0. The standard InChI is InChI=1S/C9H8Cl3NO2/c10-8(6-9(11,12)13(14)15)7-4-2-1-3-5-7/h1-5,8H,6H2. The van der Waals surface area contributed by atoms with Crippen molar-refractivity contribution in [2.24, 2.45) is 0 Å². The molecule has 15 heavy (non-hydrogen) atoms. The van der Waals surface area contributed by atoms with Crippen LogP contribution in [0, 0.1) is 10.1 Å². The van der Waals surface area contributed by atoms with E-state index in [1.807, 2.05) is 6.07 Å². The lowest BCUT2D eigenvalue weighted by atomic mass is 10.1. The quantitative estimate of drug-likeness (QED) is 0.361. The zero-order chi connectivity index (χ0) is 11.5. The van der Waals surface area contributed by atoms with Crippen LogP contribution in [-0.2, 0) is 0 Å². The fraction of sp³-hybridized carbons (Fsp3) is 0.333. The Morgan fingerprint density at radius 3 is 2.33 bits per heavy atom. The Hall–Kier alpha value is -0.510. The van der Waals surface area contributed by atoms with Crippen molar-refractivity contribution in [2.75, 3.05) is 0 Å². The van der Waals surface area contributed by atoms with Crippen LogP contribution in [0.15, 0.2) is 30.3 Å². The first-order chi connectivity index (χ1) is 6.93.